The molecule has 0 fully saturated rings. The summed E-state index contributed by atoms with van der Waals surface area (Å²) in [6.45, 7) is 7.18. The molecule has 112 valence electrons. The molecule has 0 bridgehead atoms. The molecular weight excluding hydrogens is 348 g/mol. The number of benzene rings is 2. The lowest BCUT2D eigenvalue weighted by Gasteiger charge is -2.19. The Morgan fingerprint density at radius 3 is 2.29 bits per heavy atom. The van der Waals surface area contributed by atoms with E-state index in [1.165, 1.54) is 5.56 Å². The molecule has 0 amide bonds. The molecule has 0 aliphatic carbocycles. The Labute approximate surface area is 140 Å². The monoisotopic (exact) mass is 366 g/mol. The second-order valence-electron chi connectivity index (χ2n) is 6.10. The summed E-state index contributed by atoms with van der Waals surface area (Å²) in [5, 5.41) is 0. The second kappa shape index (κ2) is 6.85. The van der Waals surface area contributed by atoms with Crippen LogP contribution in [0.4, 0.5) is 0 Å². The zero-order chi connectivity index (χ0) is 15.5. The van der Waals surface area contributed by atoms with Crippen LogP contribution in [0.15, 0.2) is 46.9 Å². The average molecular weight is 368 g/mol. The fourth-order valence-electron chi connectivity index (χ4n) is 2.08. The fraction of sp³-hybridized carbons (Fsp3) is 0.333. The van der Waals surface area contributed by atoms with E-state index in [1.807, 2.05) is 18.2 Å². The van der Waals surface area contributed by atoms with Crippen LogP contribution in [-0.2, 0) is 17.9 Å². The zero-order valence-electron chi connectivity index (χ0n) is 12.6. The van der Waals surface area contributed by atoms with Crippen molar-refractivity contribution in [2.75, 3.05) is 0 Å². The van der Waals surface area contributed by atoms with Crippen LogP contribution < -0.4 is 4.74 Å². The van der Waals surface area contributed by atoms with Crippen molar-refractivity contribution >= 4 is 27.5 Å². The van der Waals surface area contributed by atoms with Gasteiger partial charge in [-0.2, -0.15) is 0 Å². The summed E-state index contributed by atoms with van der Waals surface area (Å²) in [6, 6.07) is 14.5. The van der Waals surface area contributed by atoms with Gasteiger partial charge >= 0.3 is 0 Å². The van der Waals surface area contributed by atoms with Gasteiger partial charge < -0.3 is 4.74 Å². The first-order valence-electron chi connectivity index (χ1n) is 6.97. The van der Waals surface area contributed by atoms with E-state index >= 15 is 0 Å². The quantitative estimate of drug-likeness (QED) is 0.596. The van der Waals surface area contributed by atoms with Crippen molar-refractivity contribution in [3.8, 4) is 5.75 Å². The van der Waals surface area contributed by atoms with Crippen LogP contribution in [-0.4, -0.2) is 0 Å². The third-order valence-electron chi connectivity index (χ3n) is 3.40. The van der Waals surface area contributed by atoms with E-state index in [1.54, 1.807) is 0 Å². The van der Waals surface area contributed by atoms with Gasteiger partial charge in [-0.3, -0.25) is 0 Å². The Balaban J connectivity index is 2.10. The van der Waals surface area contributed by atoms with E-state index in [4.69, 9.17) is 16.3 Å². The summed E-state index contributed by atoms with van der Waals surface area (Å²) in [4.78, 5) is 0. The molecular formula is C18H20BrClO. The van der Waals surface area contributed by atoms with Crippen LogP contribution in [0.2, 0.25) is 0 Å². The minimum Gasteiger partial charge on any atom is -0.487 e. The van der Waals surface area contributed by atoms with E-state index < -0.39 is 0 Å². The summed E-state index contributed by atoms with van der Waals surface area (Å²) in [7, 11) is 0. The Kier molecular flexibility index (Phi) is 5.34. The van der Waals surface area contributed by atoms with Crippen LogP contribution in [0.1, 0.15) is 37.5 Å². The van der Waals surface area contributed by atoms with Gasteiger partial charge in [-0.25, -0.2) is 0 Å². The van der Waals surface area contributed by atoms with Gasteiger partial charge in [0.15, 0.2) is 0 Å². The Morgan fingerprint density at radius 2 is 1.71 bits per heavy atom. The molecule has 0 aromatic heterocycles. The summed E-state index contributed by atoms with van der Waals surface area (Å²) in [5.41, 5.74) is 3.65. The van der Waals surface area contributed by atoms with Crippen LogP contribution in [0.3, 0.4) is 0 Å². The molecule has 0 saturated carbocycles. The molecule has 2 aromatic carbocycles. The Hall–Kier alpha value is -0.990. The van der Waals surface area contributed by atoms with Gasteiger partial charge in [0.25, 0.3) is 0 Å². The van der Waals surface area contributed by atoms with Gasteiger partial charge in [0, 0.05) is 5.56 Å². The molecule has 1 nitrogen and oxygen atoms in total. The maximum atomic E-state index is 5.96. The zero-order valence-corrected chi connectivity index (χ0v) is 15.0. The molecule has 0 saturated heterocycles. The highest BCUT2D eigenvalue weighted by molar-refractivity contribution is 9.10. The number of para-hydroxylation sites is 1. The number of hydrogen-bond donors (Lipinski definition) is 0. The highest BCUT2D eigenvalue weighted by atomic mass is 79.9. The lowest BCUT2D eigenvalue weighted by atomic mass is 9.87. The minimum absolute atomic E-state index is 0.174. The molecule has 0 heterocycles. The maximum Gasteiger partial charge on any atom is 0.138 e. The Bertz CT molecular complexity index is 600. The van der Waals surface area contributed by atoms with Crippen molar-refractivity contribution in [1.82, 2.24) is 0 Å². The standard InChI is InChI=1S/C18H20BrClO/c1-18(2,3)15-9-7-13(8-10-15)12-21-17-14(11-20)5-4-6-16(17)19/h4-10H,11-12H2,1-3H3. The van der Waals surface area contributed by atoms with Gasteiger partial charge in [-0.05, 0) is 38.5 Å². The maximum absolute atomic E-state index is 5.96. The first-order chi connectivity index (χ1) is 9.91. The first kappa shape index (κ1) is 16.4. The van der Waals surface area contributed by atoms with Gasteiger partial charge in [0.2, 0.25) is 0 Å². The third-order valence-corrected chi connectivity index (χ3v) is 4.31. The normalized spacial score (nSPS) is 11.5. The summed E-state index contributed by atoms with van der Waals surface area (Å²) >= 11 is 9.47. The SMILES string of the molecule is CC(C)(C)c1ccc(COc2c(Br)cccc2CCl)cc1. The van der Waals surface area contributed by atoms with Crippen molar-refractivity contribution in [3.05, 3.63) is 63.6 Å². The fourth-order valence-corrected chi connectivity index (χ4v) is 2.81. The molecule has 0 aliphatic rings. The number of ether oxygens (including phenoxy) is 1. The second-order valence-corrected chi connectivity index (χ2v) is 7.22. The topological polar surface area (TPSA) is 9.23 Å². The average Bonchev–Trinajstić information content (AvgIpc) is 2.45. The predicted octanol–water partition coefficient (Wildman–Crippen LogP) is 6.06. The molecule has 0 atom stereocenters. The van der Waals surface area contributed by atoms with Gasteiger partial charge in [-0.1, -0.05) is 57.2 Å². The van der Waals surface area contributed by atoms with Crippen LogP contribution in [0.25, 0.3) is 0 Å². The van der Waals surface area contributed by atoms with E-state index in [9.17, 15) is 0 Å². The summed E-state index contributed by atoms with van der Waals surface area (Å²) in [6.07, 6.45) is 0. The highest BCUT2D eigenvalue weighted by Crippen LogP contribution is 2.31. The Morgan fingerprint density at radius 1 is 1.05 bits per heavy atom. The molecule has 2 aromatic rings. The highest BCUT2D eigenvalue weighted by Gasteiger charge is 2.13. The van der Waals surface area contributed by atoms with E-state index in [-0.39, 0.29) is 5.41 Å². The van der Waals surface area contributed by atoms with Crippen molar-refractivity contribution in [2.24, 2.45) is 0 Å². The largest absolute Gasteiger partial charge is 0.487 e. The molecule has 3 heteroatoms. The van der Waals surface area contributed by atoms with Crippen molar-refractivity contribution in [1.29, 1.82) is 0 Å². The molecule has 0 aliphatic heterocycles. The summed E-state index contributed by atoms with van der Waals surface area (Å²) < 4.78 is 6.88. The number of halogens is 2. The van der Waals surface area contributed by atoms with Crippen molar-refractivity contribution in [3.63, 3.8) is 0 Å². The molecule has 2 rings (SSSR count). The predicted molar refractivity (Wildman–Crippen MR) is 93.2 cm³/mol. The van der Waals surface area contributed by atoms with Gasteiger partial charge in [0.05, 0.1) is 10.4 Å². The lowest BCUT2D eigenvalue weighted by molar-refractivity contribution is 0.302. The third kappa shape index (κ3) is 4.24. The minimum atomic E-state index is 0.174. The number of hydrogen-bond acceptors (Lipinski definition) is 1. The molecule has 0 radical (unpaired) electrons. The lowest BCUT2D eigenvalue weighted by Crippen LogP contribution is -2.10. The van der Waals surface area contributed by atoms with Crippen LogP contribution in [0, 0.1) is 0 Å². The molecule has 0 unspecified atom stereocenters. The smallest absolute Gasteiger partial charge is 0.138 e. The van der Waals surface area contributed by atoms with Gasteiger partial charge in [0.1, 0.15) is 12.4 Å². The van der Waals surface area contributed by atoms with E-state index in [0.29, 0.717) is 12.5 Å². The number of rotatable bonds is 4. The van der Waals surface area contributed by atoms with Crippen LogP contribution in [0.5, 0.6) is 5.75 Å². The van der Waals surface area contributed by atoms with Crippen LogP contribution >= 0.6 is 27.5 Å². The molecule has 0 N–H and O–H groups in total. The van der Waals surface area contributed by atoms with Crippen molar-refractivity contribution < 1.29 is 4.74 Å². The molecule has 0 spiro atoms. The number of alkyl halides is 1. The molecule has 21 heavy (non-hydrogen) atoms. The van der Waals surface area contributed by atoms with E-state index in [0.717, 1.165) is 21.3 Å². The first-order valence-corrected chi connectivity index (χ1v) is 8.30. The summed E-state index contributed by atoms with van der Waals surface area (Å²) in [5.74, 6) is 1.27. The van der Waals surface area contributed by atoms with Gasteiger partial charge in [-0.15, -0.1) is 11.6 Å². The van der Waals surface area contributed by atoms with Crippen molar-refractivity contribution in [2.45, 2.75) is 38.7 Å². The van der Waals surface area contributed by atoms with E-state index in [2.05, 4.69) is 61.0 Å².